The lowest BCUT2D eigenvalue weighted by Gasteiger charge is -2.12. The zero-order valence-electron chi connectivity index (χ0n) is 11.8. The third-order valence-electron chi connectivity index (χ3n) is 3.12. The Morgan fingerprint density at radius 3 is 2.50 bits per heavy atom. The molecule has 0 aliphatic heterocycles. The van der Waals surface area contributed by atoms with Gasteiger partial charge in [0.25, 0.3) is 0 Å². The highest BCUT2D eigenvalue weighted by atomic mass is 79.9. The van der Waals surface area contributed by atoms with Gasteiger partial charge in [0.2, 0.25) is 0 Å². The zero-order valence-corrected chi connectivity index (χ0v) is 13.4. The van der Waals surface area contributed by atoms with Crippen LogP contribution in [0.4, 0.5) is 17.6 Å². The van der Waals surface area contributed by atoms with Crippen LogP contribution in [0.2, 0.25) is 0 Å². The van der Waals surface area contributed by atoms with Crippen LogP contribution in [0.5, 0.6) is 5.75 Å². The number of ether oxygens (including phenoxy) is 1. The summed E-state index contributed by atoms with van der Waals surface area (Å²) in [6, 6.07) is 2.81. The van der Waals surface area contributed by atoms with E-state index in [1.807, 2.05) is 0 Å². The molecular formula is C14H13BrF4N2O. The predicted molar refractivity (Wildman–Crippen MR) is 77.5 cm³/mol. The number of hydrogen-bond acceptors (Lipinski definition) is 2. The van der Waals surface area contributed by atoms with Gasteiger partial charge < -0.3 is 9.30 Å². The van der Waals surface area contributed by atoms with Crippen molar-refractivity contribution in [2.24, 2.45) is 0 Å². The van der Waals surface area contributed by atoms with Crippen LogP contribution in [0, 0.1) is 5.82 Å². The molecule has 2 aromatic rings. The van der Waals surface area contributed by atoms with E-state index in [9.17, 15) is 17.6 Å². The Labute approximate surface area is 133 Å². The van der Waals surface area contributed by atoms with Gasteiger partial charge in [0.15, 0.2) is 5.69 Å². The molecule has 0 aliphatic carbocycles. The van der Waals surface area contributed by atoms with E-state index in [0.717, 1.165) is 6.20 Å². The van der Waals surface area contributed by atoms with Gasteiger partial charge in [-0.15, -0.1) is 0 Å². The van der Waals surface area contributed by atoms with Crippen LogP contribution in [0.15, 0.2) is 18.3 Å². The minimum absolute atomic E-state index is 0.0791. The molecule has 1 aromatic carbocycles. The fourth-order valence-corrected chi connectivity index (χ4v) is 2.41. The van der Waals surface area contributed by atoms with Gasteiger partial charge >= 0.3 is 6.18 Å². The fourth-order valence-electron chi connectivity index (χ4n) is 2.08. The first-order valence-corrected chi connectivity index (χ1v) is 7.51. The lowest BCUT2D eigenvalue weighted by Crippen LogP contribution is -2.05. The number of imidazole rings is 1. The van der Waals surface area contributed by atoms with Crippen molar-refractivity contribution in [2.45, 2.75) is 25.0 Å². The largest absolute Gasteiger partial charge is 0.496 e. The molecule has 0 amide bonds. The average Bonchev–Trinajstić information content (AvgIpc) is 2.90. The summed E-state index contributed by atoms with van der Waals surface area (Å²) < 4.78 is 59.2. The number of nitrogens with zero attached hydrogens (tertiary/aromatic N) is 2. The number of aryl methyl sites for hydroxylation is 1. The number of benzene rings is 1. The van der Waals surface area contributed by atoms with E-state index in [1.54, 1.807) is 13.0 Å². The van der Waals surface area contributed by atoms with Crippen molar-refractivity contribution in [1.29, 1.82) is 0 Å². The normalized spacial score (nSPS) is 11.8. The molecule has 0 atom stereocenters. The van der Waals surface area contributed by atoms with Crippen molar-refractivity contribution in [3.05, 3.63) is 35.4 Å². The Morgan fingerprint density at radius 1 is 1.32 bits per heavy atom. The van der Waals surface area contributed by atoms with Crippen molar-refractivity contribution in [2.75, 3.05) is 7.11 Å². The molecule has 0 radical (unpaired) electrons. The molecule has 0 spiro atoms. The summed E-state index contributed by atoms with van der Waals surface area (Å²) in [5, 5.41) is 0.399. The van der Waals surface area contributed by atoms with Crippen molar-refractivity contribution in [1.82, 2.24) is 9.55 Å². The second-order valence-corrected chi connectivity index (χ2v) is 5.08. The number of hydrogen-bond donors (Lipinski definition) is 0. The molecule has 0 aliphatic rings. The molecule has 0 saturated carbocycles. The maximum absolute atomic E-state index is 14.4. The van der Waals surface area contributed by atoms with E-state index >= 15 is 0 Å². The fraction of sp³-hybridized carbons (Fsp3) is 0.357. The summed E-state index contributed by atoms with van der Waals surface area (Å²) in [6.45, 7) is 1.88. The number of rotatable bonds is 4. The highest BCUT2D eigenvalue weighted by Crippen LogP contribution is 2.36. The predicted octanol–water partition coefficient (Wildman–Crippen LogP) is 4.63. The summed E-state index contributed by atoms with van der Waals surface area (Å²) in [7, 11) is 1.33. The summed E-state index contributed by atoms with van der Waals surface area (Å²) in [5.41, 5.74) is -0.524. The molecule has 8 heteroatoms. The number of halogens is 5. The minimum atomic E-state index is -4.59. The third kappa shape index (κ3) is 3.11. The molecule has 0 N–H and O–H groups in total. The average molecular weight is 381 g/mol. The van der Waals surface area contributed by atoms with Gasteiger partial charge in [-0.2, -0.15) is 13.2 Å². The zero-order chi connectivity index (χ0) is 16.5. The number of aromatic nitrogens is 2. The lowest BCUT2D eigenvalue weighted by molar-refractivity contribution is -0.140. The van der Waals surface area contributed by atoms with Crippen molar-refractivity contribution >= 4 is 15.9 Å². The van der Waals surface area contributed by atoms with E-state index in [2.05, 4.69) is 20.9 Å². The topological polar surface area (TPSA) is 27.1 Å². The first-order chi connectivity index (χ1) is 10.3. The Hall–Kier alpha value is -1.57. The van der Waals surface area contributed by atoms with Gasteiger partial charge in [-0.25, -0.2) is 9.37 Å². The Bertz CT molecular complexity index is 682. The highest BCUT2D eigenvalue weighted by Gasteiger charge is 2.35. The van der Waals surface area contributed by atoms with Crippen molar-refractivity contribution < 1.29 is 22.3 Å². The van der Waals surface area contributed by atoms with Gasteiger partial charge in [0.1, 0.15) is 17.4 Å². The van der Waals surface area contributed by atoms with Crippen molar-refractivity contribution in [3.63, 3.8) is 0 Å². The first kappa shape index (κ1) is 16.8. The SMILES string of the molecule is CCn1cc(C(F)(F)F)nc1-c1c(F)cc(CBr)cc1OC. The molecule has 120 valence electrons. The summed E-state index contributed by atoms with van der Waals surface area (Å²) in [5.74, 6) is -0.642. The lowest BCUT2D eigenvalue weighted by atomic mass is 10.1. The Morgan fingerprint density at radius 2 is 2.00 bits per heavy atom. The van der Waals surface area contributed by atoms with E-state index in [4.69, 9.17) is 4.74 Å². The number of alkyl halides is 4. The van der Waals surface area contributed by atoms with Crippen LogP contribution in [0.3, 0.4) is 0 Å². The minimum Gasteiger partial charge on any atom is -0.496 e. The second kappa shape index (κ2) is 6.28. The van der Waals surface area contributed by atoms with Crippen LogP contribution in [0.25, 0.3) is 11.4 Å². The highest BCUT2D eigenvalue weighted by molar-refractivity contribution is 9.08. The molecule has 0 bridgehead atoms. The van der Waals surface area contributed by atoms with Gasteiger partial charge in [0.05, 0.1) is 12.7 Å². The summed E-state index contributed by atoms with van der Waals surface area (Å²) in [6.07, 6.45) is -3.72. The van der Waals surface area contributed by atoms with E-state index in [-0.39, 0.29) is 23.7 Å². The van der Waals surface area contributed by atoms with Crippen LogP contribution >= 0.6 is 15.9 Å². The van der Waals surface area contributed by atoms with Gasteiger partial charge in [-0.1, -0.05) is 15.9 Å². The maximum Gasteiger partial charge on any atom is 0.434 e. The summed E-state index contributed by atoms with van der Waals surface area (Å²) >= 11 is 3.20. The first-order valence-electron chi connectivity index (χ1n) is 6.38. The van der Waals surface area contributed by atoms with Crippen molar-refractivity contribution in [3.8, 4) is 17.1 Å². The standard InChI is InChI=1S/C14H13BrF4N2O/c1-3-21-7-11(14(17,18)19)20-13(21)12-9(16)4-8(6-15)5-10(12)22-2/h4-5,7H,3,6H2,1-2H3. The van der Waals surface area contributed by atoms with E-state index in [1.165, 1.54) is 17.7 Å². The molecule has 3 nitrogen and oxygen atoms in total. The van der Waals surface area contributed by atoms with Crippen LogP contribution in [-0.2, 0) is 18.1 Å². The Balaban J connectivity index is 2.68. The molecule has 0 unspecified atom stereocenters. The monoisotopic (exact) mass is 380 g/mol. The third-order valence-corrected chi connectivity index (χ3v) is 3.77. The van der Waals surface area contributed by atoms with Crippen LogP contribution in [0.1, 0.15) is 18.2 Å². The quantitative estimate of drug-likeness (QED) is 0.571. The molecule has 2 rings (SSSR count). The Kier molecular flexibility index (Phi) is 4.79. The van der Waals surface area contributed by atoms with Gasteiger partial charge in [-0.05, 0) is 24.6 Å². The van der Waals surface area contributed by atoms with Crippen LogP contribution < -0.4 is 4.74 Å². The maximum atomic E-state index is 14.4. The van der Waals surface area contributed by atoms with E-state index in [0.29, 0.717) is 10.9 Å². The molecule has 1 heterocycles. The molecular weight excluding hydrogens is 368 g/mol. The van der Waals surface area contributed by atoms with Crippen LogP contribution in [-0.4, -0.2) is 16.7 Å². The molecule has 0 saturated heterocycles. The molecule has 22 heavy (non-hydrogen) atoms. The van der Waals surface area contributed by atoms with E-state index < -0.39 is 17.7 Å². The second-order valence-electron chi connectivity index (χ2n) is 4.52. The molecule has 1 aromatic heterocycles. The smallest absolute Gasteiger partial charge is 0.434 e. The van der Waals surface area contributed by atoms with Gasteiger partial charge in [-0.3, -0.25) is 0 Å². The summed E-state index contributed by atoms with van der Waals surface area (Å²) in [4.78, 5) is 3.55. The molecule has 0 fully saturated rings. The number of methoxy groups -OCH3 is 1. The van der Waals surface area contributed by atoms with Gasteiger partial charge in [0, 0.05) is 18.1 Å².